The van der Waals surface area contributed by atoms with Gasteiger partial charge in [-0.15, -0.1) is 0 Å². The van der Waals surface area contributed by atoms with Gasteiger partial charge >= 0.3 is 5.97 Å². The molecule has 0 unspecified atom stereocenters. The van der Waals surface area contributed by atoms with Crippen molar-refractivity contribution in [1.82, 2.24) is 0 Å². The van der Waals surface area contributed by atoms with E-state index in [1.165, 1.54) is 10.4 Å². The molecule has 27 heavy (non-hydrogen) atoms. The van der Waals surface area contributed by atoms with Crippen LogP contribution in [-0.2, 0) is 14.0 Å². The summed E-state index contributed by atoms with van der Waals surface area (Å²) in [5.74, 6) is -0.335. The van der Waals surface area contributed by atoms with Crippen molar-refractivity contribution in [2.45, 2.75) is 50.9 Å². The Morgan fingerprint density at radius 3 is 1.96 bits per heavy atom. The molecule has 1 aliphatic heterocycles. The Hall–Kier alpha value is -1.95. The van der Waals surface area contributed by atoms with E-state index >= 15 is 0 Å². The summed E-state index contributed by atoms with van der Waals surface area (Å²) in [6.07, 6.45) is -0.641. The molecule has 1 fully saturated rings. The summed E-state index contributed by atoms with van der Waals surface area (Å²) in [4.78, 5) is 11.4. The molecule has 0 amide bonds. The first-order chi connectivity index (χ1) is 12.8. The predicted molar refractivity (Wildman–Crippen MR) is 109 cm³/mol. The molecule has 0 radical (unpaired) electrons. The van der Waals surface area contributed by atoms with E-state index < -0.39 is 20.5 Å². The average Bonchev–Trinajstić information content (AvgIpc) is 2.96. The number of benzene rings is 2. The Morgan fingerprint density at radius 1 is 1.04 bits per heavy atom. The van der Waals surface area contributed by atoms with Crippen molar-refractivity contribution in [2.75, 3.05) is 6.61 Å². The molecular weight excluding hydrogens is 356 g/mol. The van der Waals surface area contributed by atoms with Crippen LogP contribution in [0.1, 0.15) is 33.6 Å². The summed E-state index contributed by atoms with van der Waals surface area (Å²) in [6, 6.07) is 20.8. The topological polar surface area (TPSA) is 55.8 Å². The molecular formula is C22H28O4Si. The Balaban J connectivity index is 1.93. The molecule has 2 aromatic rings. The van der Waals surface area contributed by atoms with Crippen LogP contribution in [0.3, 0.4) is 0 Å². The molecule has 0 aromatic heterocycles. The van der Waals surface area contributed by atoms with E-state index in [0.717, 1.165) is 0 Å². The number of carbonyl (C=O) groups is 1. The van der Waals surface area contributed by atoms with E-state index in [-0.39, 0.29) is 17.4 Å². The molecule has 5 heteroatoms. The van der Waals surface area contributed by atoms with E-state index in [2.05, 4.69) is 69.3 Å². The SMILES string of the molecule is CC(C)(C)[Si](OCC[C@H]1OC(=O)C[C@H]1O)(c1ccccc1)c1ccccc1. The van der Waals surface area contributed by atoms with Crippen molar-refractivity contribution < 1.29 is 19.1 Å². The molecule has 0 aliphatic carbocycles. The molecule has 1 heterocycles. The normalized spacial score (nSPS) is 20.5. The first-order valence-electron chi connectivity index (χ1n) is 9.47. The highest BCUT2D eigenvalue weighted by Gasteiger charge is 2.50. The lowest BCUT2D eigenvalue weighted by Crippen LogP contribution is -2.66. The largest absolute Gasteiger partial charge is 0.459 e. The molecule has 0 bridgehead atoms. The van der Waals surface area contributed by atoms with Gasteiger partial charge in [-0.05, 0) is 15.4 Å². The first kappa shape index (κ1) is 19.8. The van der Waals surface area contributed by atoms with Gasteiger partial charge in [0.15, 0.2) is 0 Å². The van der Waals surface area contributed by atoms with Gasteiger partial charge in [-0.1, -0.05) is 81.4 Å². The number of esters is 1. The summed E-state index contributed by atoms with van der Waals surface area (Å²) in [5, 5.41) is 12.3. The maximum absolute atomic E-state index is 11.4. The van der Waals surface area contributed by atoms with Crippen LogP contribution >= 0.6 is 0 Å². The van der Waals surface area contributed by atoms with Gasteiger partial charge in [0.05, 0.1) is 6.42 Å². The molecule has 1 saturated heterocycles. The van der Waals surface area contributed by atoms with Gasteiger partial charge in [-0.25, -0.2) is 0 Å². The summed E-state index contributed by atoms with van der Waals surface area (Å²) in [7, 11) is -2.58. The molecule has 144 valence electrons. The Kier molecular flexibility index (Phi) is 5.84. The van der Waals surface area contributed by atoms with Crippen molar-refractivity contribution >= 4 is 24.7 Å². The lowest BCUT2D eigenvalue weighted by molar-refractivity contribution is -0.142. The highest BCUT2D eigenvalue weighted by atomic mass is 28.4. The predicted octanol–water partition coefficient (Wildman–Crippen LogP) is 2.63. The van der Waals surface area contributed by atoms with Crippen LogP contribution in [0.5, 0.6) is 0 Å². The van der Waals surface area contributed by atoms with Gasteiger partial charge in [0.2, 0.25) is 0 Å². The zero-order chi connectivity index (χ0) is 19.5. The molecule has 0 spiro atoms. The molecule has 1 aliphatic rings. The lowest BCUT2D eigenvalue weighted by Gasteiger charge is -2.43. The van der Waals surface area contributed by atoms with Crippen LogP contribution in [0.2, 0.25) is 5.04 Å². The fraction of sp³-hybridized carbons (Fsp3) is 0.409. The van der Waals surface area contributed by atoms with Crippen molar-refractivity contribution in [3.8, 4) is 0 Å². The third-order valence-electron chi connectivity index (χ3n) is 5.23. The van der Waals surface area contributed by atoms with Crippen LogP contribution < -0.4 is 10.4 Å². The molecule has 0 saturated carbocycles. The van der Waals surface area contributed by atoms with Crippen molar-refractivity contribution in [3.05, 3.63) is 60.7 Å². The average molecular weight is 385 g/mol. The molecule has 4 nitrogen and oxygen atoms in total. The van der Waals surface area contributed by atoms with Gasteiger partial charge in [-0.3, -0.25) is 4.79 Å². The molecule has 3 rings (SSSR count). The minimum Gasteiger partial charge on any atom is -0.459 e. The highest BCUT2D eigenvalue weighted by Crippen LogP contribution is 2.37. The number of ether oxygens (including phenoxy) is 1. The van der Waals surface area contributed by atoms with Crippen molar-refractivity contribution in [1.29, 1.82) is 0 Å². The van der Waals surface area contributed by atoms with Crippen molar-refractivity contribution in [3.63, 3.8) is 0 Å². The fourth-order valence-electron chi connectivity index (χ4n) is 3.94. The fourth-order valence-corrected chi connectivity index (χ4v) is 8.52. The van der Waals surface area contributed by atoms with Gasteiger partial charge in [-0.2, -0.15) is 0 Å². The van der Waals surface area contributed by atoms with Gasteiger partial charge < -0.3 is 14.3 Å². The van der Waals surface area contributed by atoms with E-state index in [0.29, 0.717) is 13.0 Å². The summed E-state index contributed by atoms with van der Waals surface area (Å²) in [6.45, 7) is 7.11. The second-order valence-corrected chi connectivity index (χ2v) is 12.4. The smallest absolute Gasteiger partial charge is 0.308 e. The molecule has 2 atom stereocenters. The maximum Gasteiger partial charge on any atom is 0.308 e. The second kappa shape index (κ2) is 7.96. The lowest BCUT2D eigenvalue weighted by atomic mass is 10.1. The first-order valence-corrected chi connectivity index (χ1v) is 11.4. The highest BCUT2D eigenvalue weighted by molar-refractivity contribution is 6.99. The van der Waals surface area contributed by atoms with Crippen LogP contribution in [-0.4, -0.2) is 38.2 Å². The quantitative estimate of drug-likeness (QED) is 0.614. The second-order valence-electron chi connectivity index (χ2n) is 8.10. The van der Waals surface area contributed by atoms with E-state index in [1.54, 1.807) is 0 Å². The van der Waals surface area contributed by atoms with E-state index in [1.807, 2.05) is 12.1 Å². The number of aliphatic hydroxyl groups excluding tert-OH is 1. The third kappa shape index (κ3) is 4.00. The van der Waals surface area contributed by atoms with Crippen LogP contribution in [0, 0.1) is 0 Å². The zero-order valence-corrected chi connectivity index (χ0v) is 17.2. The third-order valence-corrected chi connectivity index (χ3v) is 10.3. The maximum atomic E-state index is 11.4. The summed E-state index contributed by atoms with van der Waals surface area (Å²) < 4.78 is 12.0. The summed E-state index contributed by atoms with van der Waals surface area (Å²) >= 11 is 0. The summed E-state index contributed by atoms with van der Waals surface area (Å²) in [5.41, 5.74) is 0. The standard InChI is InChI=1S/C22H28O4Si/c1-22(2,3)27(17-10-6-4-7-11-17,18-12-8-5-9-13-18)25-15-14-20-19(23)16-21(24)26-20/h4-13,19-20,23H,14-16H2,1-3H3/t19-,20-/m1/s1. The van der Waals surface area contributed by atoms with Crippen LogP contribution in [0.15, 0.2) is 60.7 Å². The molecule has 2 aromatic carbocycles. The Labute approximate surface area is 162 Å². The minimum absolute atomic E-state index is 0.0733. The number of hydrogen-bond acceptors (Lipinski definition) is 4. The molecule has 1 N–H and O–H groups in total. The minimum atomic E-state index is -2.58. The van der Waals surface area contributed by atoms with E-state index in [4.69, 9.17) is 9.16 Å². The Bertz CT molecular complexity index is 715. The van der Waals surface area contributed by atoms with Crippen molar-refractivity contribution in [2.24, 2.45) is 0 Å². The number of hydrogen-bond donors (Lipinski definition) is 1. The van der Waals surface area contributed by atoms with E-state index in [9.17, 15) is 9.90 Å². The van der Waals surface area contributed by atoms with Crippen LogP contribution in [0.25, 0.3) is 0 Å². The van der Waals surface area contributed by atoms with Gasteiger partial charge in [0.25, 0.3) is 8.32 Å². The van der Waals surface area contributed by atoms with Crippen LogP contribution in [0.4, 0.5) is 0 Å². The monoisotopic (exact) mass is 384 g/mol. The zero-order valence-electron chi connectivity index (χ0n) is 16.2. The van der Waals surface area contributed by atoms with Gasteiger partial charge in [0.1, 0.15) is 12.2 Å². The Morgan fingerprint density at radius 2 is 1.56 bits per heavy atom. The van der Waals surface area contributed by atoms with Gasteiger partial charge in [0, 0.05) is 13.0 Å². The number of rotatable bonds is 6. The number of cyclic esters (lactones) is 1. The number of aliphatic hydroxyl groups is 1. The number of carbonyl (C=O) groups excluding carboxylic acids is 1.